The summed E-state index contributed by atoms with van der Waals surface area (Å²) in [5.74, 6) is 0.843. The number of anilines is 1. The van der Waals surface area contributed by atoms with Crippen LogP contribution in [0.15, 0.2) is 41.1 Å². The maximum absolute atomic E-state index is 5.46. The van der Waals surface area contributed by atoms with Gasteiger partial charge in [-0.05, 0) is 22.0 Å². The molecule has 0 aliphatic heterocycles. The summed E-state index contributed by atoms with van der Waals surface area (Å²) < 4.78 is 6.39. The molecule has 0 amide bonds. The number of aromatic nitrogens is 2. The lowest BCUT2D eigenvalue weighted by atomic mass is 10.0. The number of aromatic amines is 1. The first-order valence-corrected chi connectivity index (χ1v) is 7.02. The molecule has 0 saturated heterocycles. The van der Waals surface area contributed by atoms with Crippen LogP contribution in [0.3, 0.4) is 0 Å². The largest absolute Gasteiger partial charge is 0.496 e. The van der Waals surface area contributed by atoms with Crippen LogP contribution in [0.4, 0.5) is 5.69 Å². The Labute approximate surface area is 125 Å². The van der Waals surface area contributed by atoms with Gasteiger partial charge < -0.3 is 15.0 Å². The molecule has 0 bridgehead atoms. The Morgan fingerprint density at radius 2 is 2.05 bits per heavy atom. The fourth-order valence-corrected chi connectivity index (χ4v) is 2.90. The second-order valence-corrected chi connectivity index (χ2v) is 5.21. The minimum Gasteiger partial charge on any atom is -0.496 e. The predicted molar refractivity (Wildman–Crippen MR) is 85.3 cm³/mol. The lowest BCUT2D eigenvalue weighted by Gasteiger charge is -2.10. The van der Waals surface area contributed by atoms with Crippen molar-refractivity contribution in [1.82, 2.24) is 9.97 Å². The molecule has 102 valence electrons. The number of H-pyrrole nitrogens is 1. The Balaban J connectivity index is 2.34. The molecule has 0 saturated carbocycles. The molecule has 2 aromatic heterocycles. The highest BCUT2D eigenvalue weighted by atomic mass is 79.9. The molecule has 2 heterocycles. The highest BCUT2D eigenvalue weighted by molar-refractivity contribution is 9.10. The number of fused-ring (bicyclic) bond motifs is 1. The zero-order valence-electron chi connectivity index (χ0n) is 11.2. The van der Waals surface area contributed by atoms with Crippen molar-refractivity contribution in [3.63, 3.8) is 0 Å². The van der Waals surface area contributed by atoms with Crippen LogP contribution in [0, 0.1) is 0 Å². The van der Waals surface area contributed by atoms with Gasteiger partial charge in [-0.1, -0.05) is 18.2 Å². The monoisotopic (exact) mass is 331 g/mol. The SMILES string of the molecule is CNc1c(Br)cnc2[nH]cc(-c3ccccc3OC)c12. The summed E-state index contributed by atoms with van der Waals surface area (Å²) in [6.07, 6.45) is 3.75. The quantitative estimate of drug-likeness (QED) is 0.761. The zero-order valence-corrected chi connectivity index (χ0v) is 12.8. The number of rotatable bonds is 3. The van der Waals surface area contributed by atoms with E-state index >= 15 is 0 Å². The molecule has 0 spiro atoms. The zero-order chi connectivity index (χ0) is 14.1. The van der Waals surface area contributed by atoms with Crippen LogP contribution in [0.5, 0.6) is 5.75 Å². The second-order valence-electron chi connectivity index (χ2n) is 4.36. The Morgan fingerprint density at radius 3 is 2.80 bits per heavy atom. The molecule has 5 heteroatoms. The van der Waals surface area contributed by atoms with Gasteiger partial charge in [0.05, 0.1) is 22.7 Å². The first-order valence-electron chi connectivity index (χ1n) is 6.23. The third kappa shape index (κ3) is 1.94. The van der Waals surface area contributed by atoms with Crippen molar-refractivity contribution >= 4 is 32.7 Å². The molecule has 1 aromatic carbocycles. The number of hydrogen-bond donors (Lipinski definition) is 2. The lowest BCUT2D eigenvalue weighted by molar-refractivity contribution is 0.416. The van der Waals surface area contributed by atoms with E-state index in [2.05, 4.69) is 31.2 Å². The number of benzene rings is 1. The summed E-state index contributed by atoms with van der Waals surface area (Å²) >= 11 is 3.53. The summed E-state index contributed by atoms with van der Waals surface area (Å²) in [5.41, 5.74) is 3.96. The summed E-state index contributed by atoms with van der Waals surface area (Å²) in [4.78, 5) is 7.62. The fraction of sp³-hybridized carbons (Fsp3) is 0.133. The van der Waals surface area contributed by atoms with Crippen LogP contribution in [-0.4, -0.2) is 24.1 Å². The van der Waals surface area contributed by atoms with Crippen molar-refractivity contribution in [3.8, 4) is 16.9 Å². The summed E-state index contributed by atoms with van der Waals surface area (Å²) in [6, 6.07) is 7.96. The van der Waals surface area contributed by atoms with Crippen LogP contribution >= 0.6 is 15.9 Å². The predicted octanol–water partition coefficient (Wildman–Crippen LogP) is 4.04. The van der Waals surface area contributed by atoms with Crippen LogP contribution in [-0.2, 0) is 0 Å². The Kier molecular flexibility index (Phi) is 3.36. The molecule has 3 aromatic rings. The van der Waals surface area contributed by atoms with Crippen LogP contribution in [0.2, 0.25) is 0 Å². The van der Waals surface area contributed by atoms with Crippen molar-refractivity contribution in [2.75, 3.05) is 19.5 Å². The van der Waals surface area contributed by atoms with E-state index in [1.807, 2.05) is 37.5 Å². The third-order valence-electron chi connectivity index (χ3n) is 3.30. The summed E-state index contributed by atoms with van der Waals surface area (Å²) in [7, 11) is 3.58. The van der Waals surface area contributed by atoms with E-state index in [4.69, 9.17) is 4.74 Å². The standard InChI is InChI=1S/C15H14BrN3O/c1-17-14-11(16)8-19-15-13(14)10(7-18-15)9-5-3-4-6-12(9)20-2/h3-8H,1-2H3,(H2,17,18,19). The molecule has 0 aliphatic carbocycles. The van der Waals surface area contributed by atoms with Gasteiger partial charge in [0.1, 0.15) is 11.4 Å². The number of ether oxygens (including phenoxy) is 1. The van der Waals surface area contributed by atoms with E-state index in [0.717, 1.165) is 38.1 Å². The van der Waals surface area contributed by atoms with Crippen LogP contribution < -0.4 is 10.1 Å². The van der Waals surface area contributed by atoms with E-state index in [0.29, 0.717) is 0 Å². The topological polar surface area (TPSA) is 49.9 Å². The van der Waals surface area contributed by atoms with E-state index in [1.54, 1.807) is 13.3 Å². The van der Waals surface area contributed by atoms with Crippen LogP contribution in [0.1, 0.15) is 0 Å². The van der Waals surface area contributed by atoms with Gasteiger partial charge in [0.25, 0.3) is 0 Å². The number of pyridine rings is 1. The maximum atomic E-state index is 5.46. The average molecular weight is 332 g/mol. The summed E-state index contributed by atoms with van der Waals surface area (Å²) in [6.45, 7) is 0. The number of hydrogen-bond acceptors (Lipinski definition) is 3. The number of para-hydroxylation sites is 1. The Hall–Kier alpha value is -2.01. The lowest BCUT2D eigenvalue weighted by Crippen LogP contribution is -1.93. The van der Waals surface area contributed by atoms with E-state index < -0.39 is 0 Å². The van der Waals surface area contributed by atoms with Crippen molar-refractivity contribution in [2.24, 2.45) is 0 Å². The molecule has 4 nitrogen and oxygen atoms in total. The number of nitrogens with zero attached hydrogens (tertiary/aromatic N) is 1. The van der Waals surface area contributed by atoms with Gasteiger partial charge >= 0.3 is 0 Å². The first kappa shape index (κ1) is 13.0. The van der Waals surface area contributed by atoms with Gasteiger partial charge in [-0.15, -0.1) is 0 Å². The Bertz CT molecular complexity index is 767. The van der Waals surface area contributed by atoms with Gasteiger partial charge in [0.2, 0.25) is 0 Å². The van der Waals surface area contributed by atoms with Gasteiger partial charge in [-0.2, -0.15) is 0 Å². The molecular formula is C15H14BrN3O. The van der Waals surface area contributed by atoms with Crippen molar-refractivity contribution in [2.45, 2.75) is 0 Å². The van der Waals surface area contributed by atoms with E-state index in [1.165, 1.54) is 0 Å². The molecule has 0 radical (unpaired) electrons. The van der Waals surface area contributed by atoms with Crippen LogP contribution in [0.25, 0.3) is 22.2 Å². The average Bonchev–Trinajstić information content (AvgIpc) is 2.91. The number of methoxy groups -OCH3 is 1. The molecule has 0 fully saturated rings. The Morgan fingerprint density at radius 1 is 1.25 bits per heavy atom. The third-order valence-corrected chi connectivity index (χ3v) is 3.90. The van der Waals surface area contributed by atoms with Crippen molar-refractivity contribution in [1.29, 1.82) is 0 Å². The molecule has 0 unspecified atom stereocenters. The molecule has 20 heavy (non-hydrogen) atoms. The summed E-state index contributed by atoms with van der Waals surface area (Å²) in [5, 5.41) is 4.27. The molecule has 0 atom stereocenters. The molecule has 2 N–H and O–H groups in total. The first-order chi connectivity index (χ1) is 9.76. The highest BCUT2D eigenvalue weighted by Crippen LogP contribution is 2.40. The normalized spacial score (nSPS) is 10.8. The molecule has 0 aliphatic rings. The van der Waals surface area contributed by atoms with Crippen molar-refractivity contribution < 1.29 is 4.74 Å². The fourth-order valence-electron chi connectivity index (χ4n) is 2.40. The smallest absolute Gasteiger partial charge is 0.140 e. The maximum Gasteiger partial charge on any atom is 0.140 e. The highest BCUT2D eigenvalue weighted by Gasteiger charge is 2.15. The van der Waals surface area contributed by atoms with Crippen molar-refractivity contribution in [3.05, 3.63) is 41.1 Å². The minimum absolute atomic E-state index is 0.843. The van der Waals surface area contributed by atoms with Gasteiger partial charge in [-0.25, -0.2) is 4.98 Å². The second kappa shape index (κ2) is 5.17. The van der Waals surface area contributed by atoms with E-state index in [-0.39, 0.29) is 0 Å². The molecular weight excluding hydrogens is 318 g/mol. The number of halogens is 1. The van der Waals surface area contributed by atoms with Gasteiger partial charge in [0.15, 0.2) is 0 Å². The van der Waals surface area contributed by atoms with Gasteiger partial charge in [-0.3, -0.25) is 0 Å². The van der Waals surface area contributed by atoms with E-state index in [9.17, 15) is 0 Å². The molecule has 3 rings (SSSR count). The van der Waals surface area contributed by atoms with Gasteiger partial charge in [0, 0.05) is 30.6 Å². The minimum atomic E-state index is 0.843. The number of nitrogens with one attached hydrogen (secondary N) is 2.